The van der Waals surface area contributed by atoms with Crippen LogP contribution < -0.4 is 0 Å². The van der Waals surface area contributed by atoms with Crippen molar-refractivity contribution in [2.45, 2.75) is 105 Å². The maximum Gasteiger partial charge on any atom is 0.333 e. The molecule has 13 heteroatoms. The summed E-state index contributed by atoms with van der Waals surface area (Å²) in [7, 11) is 0. The second kappa shape index (κ2) is 26.8. The van der Waals surface area contributed by atoms with E-state index in [1.807, 2.05) is 20.8 Å². The molecule has 13 nitrogen and oxygen atoms in total. The predicted molar refractivity (Wildman–Crippen MR) is 144 cm³/mol. The summed E-state index contributed by atoms with van der Waals surface area (Å²) in [5.74, 6) is -2.29. The maximum atomic E-state index is 9.72. The minimum atomic E-state index is -1.79. The lowest BCUT2D eigenvalue weighted by Crippen LogP contribution is -2.26. The second-order valence-corrected chi connectivity index (χ2v) is 9.84. The molecule has 7 atom stereocenters. The third kappa shape index (κ3) is 36.6. The molecular weight excluding hydrogens is 520 g/mol. The molecule has 0 radical (unpaired) electrons. The third-order valence-corrected chi connectivity index (χ3v) is 4.19. The SMILES string of the molecule is CC(C)COCC(C)OCC(C)OCC(C)O.CC(O)COC(C)COC(C)CO.O=C(O)CC(O)C(=O)O. The molecule has 0 aromatic heterocycles. The molecule has 0 saturated heterocycles. The Morgan fingerprint density at radius 2 is 0.974 bits per heavy atom. The Morgan fingerprint density at radius 3 is 1.28 bits per heavy atom. The molecular formula is C26H54O13. The molecule has 0 heterocycles. The fourth-order valence-corrected chi connectivity index (χ4v) is 2.13. The standard InChI is InChI=1S/C13H28O4.C9H20O4.C4H6O5/c1-10(2)6-15-8-12(4)17-9-13(5)16-7-11(3)14;1-7(11)5-12-9(3)6-13-8(2)4-10;5-2(4(8)9)1-3(6)7/h10-14H,6-9H2,1-5H3;7-11H,4-6H2,1-3H3;2,5H,1H2,(H,6,7)(H,8,9). The Kier molecular flexibility index (Phi) is 28.9. The van der Waals surface area contributed by atoms with Crippen LogP contribution in [0.15, 0.2) is 0 Å². The second-order valence-electron chi connectivity index (χ2n) is 9.84. The molecule has 0 aromatic carbocycles. The van der Waals surface area contributed by atoms with Crippen molar-refractivity contribution in [3.05, 3.63) is 0 Å². The van der Waals surface area contributed by atoms with Gasteiger partial charge in [-0.2, -0.15) is 0 Å². The number of carboxylic acid groups (broad SMARTS) is 2. The van der Waals surface area contributed by atoms with E-state index in [0.717, 1.165) is 6.61 Å². The summed E-state index contributed by atoms with van der Waals surface area (Å²) in [5, 5.41) is 50.8. The Bertz CT molecular complexity index is 572. The molecule has 0 aliphatic rings. The van der Waals surface area contributed by atoms with Gasteiger partial charge in [0.1, 0.15) is 0 Å². The van der Waals surface area contributed by atoms with Gasteiger partial charge < -0.3 is 54.3 Å². The van der Waals surface area contributed by atoms with Gasteiger partial charge in [-0.25, -0.2) is 4.79 Å². The quantitative estimate of drug-likeness (QED) is 0.120. The first-order valence-electron chi connectivity index (χ1n) is 13.1. The van der Waals surface area contributed by atoms with Gasteiger partial charge in [0.15, 0.2) is 6.10 Å². The lowest BCUT2D eigenvalue weighted by Gasteiger charge is -2.18. The van der Waals surface area contributed by atoms with Crippen molar-refractivity contribution in [3.63, 3.8) is 0 Å². The molecule has 7 unspecified atom stereocenters. The first kappa shape index (κ1) is 42.1. The van der Waals surface area contributed by atoms with Gasteiger partial charge in [0.05, 0.1) is 82.7 Å². The number of aliphatic carboxylic acids is 2. The van der Waals surface area contributed by atoms with Crippen molar-refractivity contribution in [2.24, 2.45) is 5.92 Å². The van der Waals surface area contributed by atoms with Crippen LogP contribution in [0.2, 0.25) is 0 Å². The van der Waals surface area contributed by atoms with Crippen LogP contribution in [-0.2, 0) is 33.3 Å². The van der Waals surface area contributed by atoms with E-state index in [0.29, 0.717) is 39.0 Å². The minimum Gasteiger partial charge on any atom is -0.481 e. The fraction of sp³-hybridized carbons (Fsp3) is 0.923. The van der Waals surface area contributed by atoms with Crippen molar-refractivity contribution in [1.82, 2.24) is 0 Å². The maximum absolute atomic E-state index is 9.72. The van der Waals surface area contributed by atoms with Crippen LogP contribution in [0.25, 0.3) is 0 Å². The summed E-state index contributed by atoms with van der Waals surface area (Å²) >= 11 is 0. The molecule has 0 aliphatic carbocycles. The number of hydrogen-bond acceptors (Lipinski definition) is 11. The number of ether oxygens (including phenoxy) is 5. The van der Waals surface area contributed by atoms with Gasteiger partial charge in [0, 0.05) is 6.61 Å². The monoisotopic (exact) mass is 574 g/mol. The minimum absolute atomic E-state index is 0.00264. The normalized spacial score (nSPS) is 16.4. The van der Waals surface area contributed by atoms with E-state index in [9.17, 15) is 9.59 Å². The van der Waals surface area contributed by atoms with Crippen LogP contribution in [0, 0.1) is 5.92 Å². The van der Waals surface area contributed by atoms with Crippen molar-refractivity contribution < 1.29 is 63.9 Å². The van der Waals surface area contributed by atoms with Crippen molar-refractivity contribution >= 4 is 11.9 Å². The van der Waals surface area contributed by atoms with Gasteiger partial charge in [-0.05, 0) is 47.5 Å². The lowest BCUT2D eigenvalue weighted by atomic mass is 10.2. The Hall–Kier alpha value is -1.42. The zero-order valence-corrected chi connectivity index (χ0v) is 24.8. The van der Waals surface area contributed by atoms with E-state index < -0.39 is 36.7 Å². The van der Waals surface area contributed by atoms with Gasteiger partial charge in [0.2, 0.25) is 0 Å². The first-order chi connectivity index (χ1) is 18.0. The molecule has 0 amide bonds. The summed E-state index contributed by atoms with van der Waals surface area (Å²) in [5.41, 5.74) is 0. The highest BCUT2D eigenvalue weighted by atomic mass is 16.6. The van der Waals surface area contributed by atoms with Crippen molar-refractivity contribution in [2.75, 3.05) is 46.2 Å². The smallest absolute Gasteiger partial charge is 0.333 e. The van der Waals surface area contributed by atoms with Gasteiger partial charge in [0.25, 0.3) is 0 Å². The predicted octanol–water partition coefficient (Wildman–Crippen LogP) is 0.926. The van der Waals surface area contributed by atoms with Crippen molar-refractivity contribution in [3.8, 4) is 0 Å². The van der Waals surface area contributed by atoms with Crippen LogP contribution >= 0.6 is 0 Å². The third-order valence-electron chi connectivity index (χ3n) is 4.19. The average molecular weight is 575 g/mol. The molecule has 236 valence electrons. The van der Waals surface area contributed by atoms with E-state index in [1.54, 1.807) is 20.8 Å². The topological polar surface area (TPSA) is 202 Å². The van der Waals surface area contributed by atoms with Crippen LogP contribution in [0.3, 0.4) is 0 Å². The highest BCUT2D eigenvalue weighted by molar-refractivity contribution is 5.79. The summed E-state index contributed by atoms with van der Waals surface area (Å²) in [4.78, 5) is 19.4. The molecule has 0 aromatic rings. The fourth-order valence-electron chi connectivity index (χ4n) is 2.13. The Balaban J connectivity index is -0.000000524. The van der Waals surface area contributed by atoms with E-state index in [-0.39, 0.29) is 31.0 Å². The molecule has 0 rings (SSSR count). The summed E-state index contributed by atoms with van der Waals surface area (Å²) < 4.78 is 26.9. The lowest BCUT2D eigenvalue weighted by molar-refractivity contribution is -0.152. The Labute approximate surface area is 233 Å². The summed E-state index contributed by atoms with van der Waals surface area (Å²) in [6.45, 7) is 18.2. The van der Waals surface area contributed by atoms with Crippen LogP contribution in [0.5, 0.6) is 0 Å². The van der Waals surface area contributed by atoms with Crippen LogP contribution in [0.4, 0.5) is 0 Å². The summed E-state index contributed by atoms with van der Waals surface area (Å²) in [6.07, 6.45) is -3.55. The molecule has 6 N–H and O–H groups in total. The number of rotatable bonds is 20. The average Bonchev–Trinajstić information content (AvgIpc) is 2.83. The molecule has 0 fully saturated rings. The van der Waals surface area contributed by atoms with Gasteiger partial charge in [-0.1, -0.05) is 13.8 Å². The summed E-state index contributed by atoms with van der Waals surface area (Å²) in [6, 6.07) is 0. The number of aliphatic hydroxyl groups is 4. The van der Waals surface area contributed by atoms with Crippen molar-refractivity contribution in [1.29, 1.82) is 0 Å². The molecule has 39 heavy (non-hydrogen) atoms. The van der Waals surface area contributed by atoms with Gasteiger partial charge in [-0.15, -0.1) is 0 Å². The highest BCUT2D eigenvalue weighted by Gasteiger charge is 2.16. The van der Waals surface area contributed by atoms with Crippen LogP contribution in [0.1, 0.15) is 61.8 Å². The molecule has 0 bridgehead atoms. The van der Waals surface area contributed by atoms with E-state index in [4.69, 9.17) is 54.3 Å². The molecule has 0 spiro atoms. The van der Waals surface area contributed by atoms with Gasteiger partial charge >= 0.3 is 11.9 Å². The highest BCUT2D eigenvalue weighted by Crippen LogP contribution is 2.01. The molecule has 0 saturated carbocycles. The largest absolute Gasteiger partial charge is 0.481 e. The van der Waals surface area contributed by atoms with Gasteiger partial charge in [-0.3, -0.25) is 4.79 Å². The molecule has 0 aliphatic heterocycles. The zero-order valence-electron chi connectivity index (χ0n) is 24.8. The van der Waals surface area contributed by atoms with E-state index >= 15 is 0 Å². The van der Waals surface area contributed by atoms with E-state index in [1.165, 1.54) is 0 Å². The number of hydrogen-bond donors (Lipinski definition) is 6. The van der Waals surface area contributed by atoms with Crippen LogP contribution in [-0.4, -0.2) is 132 Å². The van der Waals surface area contributed by atoms with E-state index in [2.05, 4.69) is 13.8 Å². The zero-order chi connectivity index (χ0) is 31.0. The first-order valence-corrected chi connectivity index (χ1v) is 13.1. The number of carbonyl (C=O) groups is 2. The number of carboxylic acids is 2. The Morgan fingerprint density at radius 1 is 0.590 bits per heavy atom. The number of aliphatic hydroxyl groups excluding tert-OH is 4.